The SMILES string of the molecule is NC1CC(=O)N(c2cccc(-n3cccc3)c2)C1. The van der Waals surface area contributed by atoms with E-state index in [0.717, 1.165) is 11.4 Å². The van der Waals surface area contributed by atoms with Gasteiger partial charge in [-0.1, -0.05) is 6.07 Å². The van der Waals surface area contributed by atoms with Crippen molar-refractivity contribution in [2.75, 3.05) is 11.4 Å². The molecule has 3 rings (SSSR count). The van der Waals surface area contributed by atoms with Crippen LogP contribution in [0.15, 0.2) is 48.8 Å². The molecule has 0 spiro atoms. The second kappa shape index (κ2) is 4.31. The van der Waals surface area contributed by atoms with E-state index in [1.807, 2.05) is 53.4 Å². The molecule has 1 unspecified atom stereocenters. The summed E-state index contributed by atoms with van der Waals surface area (Å²) in [4.78, 5) is 13.6. The minimum Gasteiger partial charge on any atom is -0.326 e. The minimum atomic E-state index is -0.0484. The molecular formula is C14H15N3O. The lowest BCUT2D eigenvalue weighted by Crippen LogP contribution is -2.27. The Bertz CT molecular complexity index is 562. The fraction of sp³-hybridized carbons (Fsp3) is 0.214. The van der Waals surface area contributed by atoms with Crippen LogP contribution in [0, 0.1) is 0 Å². The topological polar surface area (TPSA) is 51.3 Å². The van der Waals surface area contributed by atoms with Crippen molar-refractivity contribution in [3.05, 3.63) is 48.8 Å². The summed E-state index contributed by atoms with van der Waals surface area (Å²) in [6.07, 6.45) is 4.40. The molecule has 1 aliphatic rings. The molecule has 18 heavy (non-hydrogen) atoms. The normalized spacial score (nSPS) is 19.5. The number of amides is 1. The molecule has 2 aromatic rings. The lowest BCUT2D eigenvalue weighted by atomic mass is 10.2. The maximum absolute atomic E-state index is 11.8. The molecule has 0 bridgehead atoms. The van der Waals surface area contributed by atoms with Crippen molar-refractivity contribution in [1.29, 1.82) is 0 Å². The van der Waals surface area contributed by atoms with Gasteiger partial charge in [0.15, 0.2) is 0 Å². The van der Waals surface area contributed by atoms with Crippen molar-refractivity contribution >= 4 is 11.6 Å². The van der Waals surface area contributed by atoms with Gasteiger partial charge in [0.05, 0.1) is 0 Å². The fourth-order valence-corrected chi connectivity index (χ4v) is 2.31. The van der Waals surface area contributed by atoms with Gasteiger partial charge in [0.1, 0.15) is 0 Å². The average Bonchev–Trinajstić information content (AvgIpc) is 2.99. The van der Waals surface area contributed by atoms with Crippen LogP contribution in [0.25, 0.3) is 5.69 Å². The summed E-state index contributed by atoms with van der Waals surface area (Å²) >= 11 is 0. The van der Waals surface area contributed by atoms with E-state index in [0.29, 0.717) is 13.0 Å². The van der Waals surface area contributed by atoms with Gasteiger partial charge in [0.25, 0.3) is 0 Å². The average molecular weight is 241 g/mol. The first-order chi connectivity index (χ1) is 8.74. The van der Waals surface area contributed by atoms with E-state index < -0.39 is 0 Å². The highest BCUT2D eigenvalue weighted by molar-refractivity contribution is 5.96. The Hall–Kier alpha value is -2.07. The molecule has 0 radical (unpaired) electrons. The van der Waals surface area contributed by atoms with E-state index >= 15 is 0 Å². The lowest BCUT2D eigenvalue weighted by Gasteiger charge is -2.17. The molecule has 0 aliphatic carbocycles. The number of nitrogens with two attached hydrogens (primary N) is 1. The van der Waals surface area contributed by atoms with Gasteiger partial charge < -0.3 is 15.2 Å². The van der Waals surface area contributed by atoms with Crippen molar-refractivity contribution in [3.8, 4) is 5.69 Å². The summed E-state index contributed by atoms with van der Waals surface area (Å²) in [7, 11) is 0. The summed E-state index contributed by atoms with van der Waals surface area (Å²) in [5, 5.41) is 0. The summed E-state index contributed by atoms with van der Waals surface area (Å²) in [6, 6.07) is 11.8. The summed E-state index contributed by atoms with van der Waals surface area (Å²) in [5.41, 5.74) is 7.78. The van der Waals surface area contributed by atoms with Crippen LogP contribution in [0.5, 0.6) is 0 Å². The highest BCUT2D eigenvalue weighted by Crippen LogP contribution is 2.23. The summed E-state index contributed by atoms with van der Waals surface area (Å²) in [5.74, 6) is 0.104. The van der Waals surface area contributed by atoms with Gasteiger partial charge in [-0.3, -0.25) is 4.79 Å². The van der Waals surface area contributed by atoms with Gasteiger partial charge in [0, 0.05) is 42.8 Å². The second-order valence-corrected chi connectivity index (χ2v) is 4.58. The van der Waals surface area contributed by atoms with Crippen LogP contribution in [0.3, 0.4) is 0 Å². The molecule has 0 saturated carbocycles. The molecule has 2 heterocycles. The number of carbonyl (C=O) groups is 1. The zero-order chi connectivity index (χ0) is 12.5. The van der Waals surface area contributed by atoms with Crippen molar-refractivity contribution < 1.29 is 4.79 Å². The molecule has 1 fully saturated rings. The predicted molar refractivity (Wildman–Crippen MR) is 70.7 cm³/mol. The fourth-order valence-electron chi connectivity index (χ4n) is 2.31. The molecule has 2 N–H and O–H groups in total. The van der Waals surface area contributed by atoms with E-state index in [9.17, 15) is 4.79 Å². The molecule has 1 amide bonds. The van der Waals surface area contributed by atoms with Crippen LogP contribution >= 0.6 is 0 Å². The van der Waals surface area contributed by atoms with E-state index in [1.54, 1.807) is 4.90 Å². The maximum atomic E-state index is 11.8. The number of nitrogens with zero attached hydrogens (tertiary/aromatic N) is 2. The third kappa shape index (κ3) is 1.91. The van der Waals surface area contributed by atoms with Crippen LogP contribution in [0.4, 0.5) is 5.69 Å². The van der Waals surface area contributed by atoms with Crippen LogP contribution in [0.1, 0.15) is 6.42 Å². The zero-order valence-electron chi connectivity index (χ0n) is 9.99. The third-order valence-electron chi connectivity index (χ3n) is 3.20. The predicted octanol–water partition coefficient (Wildman–Crippen LogP) is 1.54. The standard InChI is InChI=1S/C14H15N3O/c15-11-8-14(18)17(10-11)13-5-3-4-12(9-13)16-6-1-2-7-16/h1-7,9,11H,8,10,15H2. The number of hydrogen-bond acceptors (Lipinski definition) is 2. The van der Waals surface area contributed by atoms with Crippen LogP contribution in [0.2, 0.25) is 0 Å². The number of benzene rings is 1. The monoisotopic (exact) mass is 241 g/mol. The Labute approximate surface area is 106 Å². The Morgan fingerprint density at radius 1 is 1.11 bits per heavy atom. The zero-order valence-corrected chi connectivity index (χ0v) is 9.99. The van der Waals surface area contributed by atoms with Crippen LogP contribution in [-0.2, 0) is 4.79 Å². The van der Waals surface area contributed by atoms with Crippen molar-refractivity contribution in [3.63, 3.8) is 0 Å². The van der Waals surface area contributed by atoms with E-state index in [4.69, 9.17) is 5.73 Å². The Morgan fingerprint density at radius 2 is 1.83 bits per heavy atom. The minimum absolute atomic E-state index is 0.0484. The quantitative estimate of drug-likeness (QED) is 0.867. The molecule has 1 aliphatic heterocycles. The number of carbonyl (C=O) groups excluding carboxylic acids is 1. The molecule has 92 valence electrons. The largest absolute Gasteiger partial charge is 0.326 e. The molecular weight excluding hydrogens is 226 g/mol. The Kier molecular flexibility index (Phi) is 2.64. The highest BCUT2D eigenvalue weighted by Gasteiger charge is 2.27. The third-order valence-corrected chi connectivity index (χ3v) is 3.20. The van der Waals surface area contributed by atoms with Crippen LogP contribution < -0.4 is 10.6 Å². The van der Waals surface area contributed by atoms with Gasteiger partial charge in [-0.05, 0) is 30.3 Å². The second-order valence-electron chi connectivity index (χ2n) is 4.58. The van der Waals surface area contributed by atoms with Crippen LogP contribution in [-0.4, -0.2) is 23.1 Å². The molecule has 1 aromatic carbocycles. The van der Waals surface area contributed by atoms with Gasteiger partial charge >= 0.3 is 0 Å². The Balaban J connectivity index is 1.94. The lowest BCUT2D eigenvalue weighted by molar-refractivity contribution is -0.117. The van der Waals surface area contributed by atoms with Gasteiger partial charge in [-0.15, -0.1) is 0 Å². The van der Waals surface area contributed by atoms with E-state index in [2.05, 4.69) is 0 Å². The molecule has 4 heteroatoms. The van der Waals surface area contributed by atoms with Crippen molar-refractivity contribution in [2.45, 2.75) is 12.5 Å². The van der Waals surface area contributed by atoms with Crippen molar-refractivity contribution in [2.24, 2.45) is 5.73 Å². The highest BCUT2D eigenvalue weighted by atomic mass is 16.2. The van der Waals surface area contributed by atoms with E-state index in [1.165, 1.54) is 0 Å². The maximum Gasteiger partial charge on any atom is 0.228 e. The number of anilines is 1. The van der Waals surface area contributed by atoms with Gasteiger partial charge in [-0.2, -0.15) is 0 Å². The first kappa shape index (κ1) is 11.0. The van der Waals surface area contributed by atoms with Gasteiger partial charge in [-0.25, -0.2) is 0 Å². The molecule has 1 aromatic heterocycles. The number of rotatable bonds is 2. The summed E-state index contributed by atoms with van der Waals surface area (Å²) < 4.78 is 2.02. The molecule has 4 nitrogen and oxygen atoms in total. The van der Waals surface area contributed by atoms with Gasteiger partial charge in [0.2, 0.25) is 5.91 Å². The number of aromatic nitrogens is 1. The summed E-state index contributed by atoms with van der Waals surface area (Å²) in [6.45, 7) is 0.605. The smallest absolute Gasteiger partial charge is 0.228 e. The first-order valence-corrected chi connectivity index (χ1v) is 6.03. The van der Waals surface area contributed by atoms with E-state index in [-0.39, 0.29) is 11.9 Å². The molecule has 1 saturated heterocycles. The Morgan fingerprint density at radius 3 is 2.50 bits per heavy atom. The first-order valence-electron chi connectivity index (χ1n) is 6.03. The molecule has 1 atom stereocenters. The number of hydrogen-bond donors (Lipinski definition) is 1. The van der Waals surface area contributed by atoms with Crippen molar-refractivity contribution in [1.82, 2.24) is 4.57 Å².